The maximum absolute atomic E-state index is 10.9. The zero-order chi connectivity index (χ0) is 15.4. The number of nitro groups is 1. The SMILES string of the molecule is CCc1ccc(C(N)c2cc([N+](=O)[O-])ccc2OC)cc1. The Morgan fingerprint density at radius 3 is 2.43 bits per heavy atom. The maximum atomic E-state index is 10.9. The summed E-state index contributed by atoms with van der Waals surface area (Å²) in [5, 5.41) is 10.9. The number of aryl methyl sites for hydroxylation is 1. The number of non-ortho nitro benzene ring substituents is 1. The van der Waals surface area contributed by atoms with Gasteiger partial charge >= 0.3 is 0 Å². The van der Waals surface area contributed by atoms with Gasteiger partial charge in [-0.15, -0.1) is 0 Å². The number of rotatable bonds is 5. The smallest absolute Gasteiger partial charge is 0.270 e. The van der Waals surface area contributed by atoms with Gasteiger partial charge in [0.05, 0.1) is 18.1 Å². The number of methoxy groups -OCH3 is 1. The van der Waals surface area contributed by atoms with Gasteiger partial charge in [-0.2, -0.15) is 0 Å². The molecule has 2 aromatic carbocycles. The zero-order valence-electron chi connectivity index (χ0n) is 12.1. The van der Waals surface area contributed by atoms with Crippen LogP contribution in [-0.2, 0) is 6.42 Å². The van der Waals surface area contributed by atoms with Crippen LogP contribution in [0.15, 0.2) is 42.5 Å². The van der Waals surface area contributed by atoms with Crippen LogP contribution < -0.4 is 10.5 Å². The first-order valence-electron chi connectivity index (χ1n) is 6.73. The van der Waals surface area contributed by atoms with Gasteiger partial charge in [-0.1, -0.05) is 31.2 Å². The molecule has 2 rings (SSSR count). The van der Waals surface area contributed by atoms with Gasteiger partial charge in [0.25, 0.3) is 5.69 Å². The summed E-state index contributed by atoms with van der Waals surface area (Å²) in [6.45, 7) is 2.08. The van der Waals surface area contributed by atoms with Crippen LogP contribution in [0, 0.1) is 10.1 Å². The molecule has 0 aromatic heterocycles. The third-order valence-electron chi connectivity index (χ3n) is 3.51. The largest absolute Gasteiger partial charge is 0.496 e. The minimum absolute atomic E-state index is 0.00595. The number of hydrogen-bond donors (Lipinski definition) is 1. The van der Waals surface area contributed by atoms with Crippen LogP contribution in [-0.4, -0.2) is 12.0 Å². The van der Waals surface area contributed by atoms with E-state index in [0.29, 0.717) is 11.3 Å². The summed E-state index contributed by atoms with van der Waals surface area (Å²) in [4.78, 5) is 10.5. The van der Waals surface area contributed by atoms with Crippen molar-refractivity contribution < 1.29 is 9.66 Å². The van der Waals surface area contributed by atoms with Gasteiger partial charge in [-0.3, -0.25) is 10.1 Å². The van der Waals surface area contributed by atoms with Crippen LogP contribution in [0.2, 0.25) is 0 Å². The molecule has 0 heterocycles. The Bertz CT molecular complexity index is 638. The lowest BCUT2D eigenvalue weighted by atomic mass is 9.97. The van der Waals surface area contributed by atoms with Crippen molar-refractivity contribution in [1.82, 2.24) is 0 Å². The number of hydrogen-bond acceptors (Lipinski definition) is 4. The topological polar surface area (TPSA) is 78.4 Å². The molecule has 0 bridgehead atoms. The van der Waals surface area contributed by atoms with E-state index in [9.17, 15) is 10.1 Å². The van der Waals surface area contributed by atoms with E-state index in [-0.39, 0.29) is 5.69 Å². The van der Waals surface area contributed by atoms with E-state index in [1.807, 2.05) is 24.3 Å². The molecule has 2 aromatic rings. The molecule has 2 N–H and O–H groups in total. The Hall–Kier alpha value is -2.40. The highest BCUT2D eigenvalue weighted by Crippen LogP contribution is 2.31. The van der Waals surface area contributed by atoms with E-state index in [1.54, 1.807) is 6.07 Å². The summed E-state index contributed by atoms with van der Waals surface area (Å²) in [7, 11) is 1.53. The predicted octanol–water partition coefficient (Wildman–Crippen LogP) is 3.21. The van der Waals surface area contributed by atoms with Crippen LogP contribution in [0.5, 0.6) is 5.75 Å². The lowest BCUT2D eigenvalue weighted by molar-refractivity contribution is -0.384. The fourth-order valence-corrected chi connectivity index (χ4v) is 2.22. The molecule has 0 fully saturated rings. The maximum Gasteiger partial charge on any atom is 0.270 e. The molecular formula is C16H18N2O3. The average molecular weight is 286 g/mol. The highest BCUT2D eigenvalue weighted by atomic mass is 16.6. The van der Waals surface area contributed by atoms with Crippen LogP contribution in [0.3, 0.4) is 0 Å². The van der Waals surface area contributed by atoms with E-state index in [0.717, 1.165) is 12.0 Å². The molecule has 21 heavy (non-hydrogen) atoms. The van der Waals surface area contributed by atoms with Crippen molar-refractivity contribution in [3.63, 3.8) is 0 Å². The van der Waals surface area contributed by atoms with E-state index in [4.69, 9.17) is 10.5 Å². The van der Waals surface area contributed by atoms with E-state index >= 15 is 0 Å². The Morgan fingerprint density at radius 1 is 1.24 bits per heavy atom. The van der Waals surface area contributed by atoms with Crippen LogP contribution in [0.25, 0.3) is 0 Å². The molecule has 0 aliphatic heterocycles. The monoisotopic (exact) mass is 286 g/mol. The van der Waals surface area contributed by atoms with Gasteiger partial charge in [0, 0.05) is 17.7 Å². The van der Waals surface area contributed by atoms with Crippen molar-refractivity contribution in [2.75, 3.05) is 7.11 Å². The van der Waals surface area contributed by atoms with Crippen LogP contribution in [0.4, 0.5) is 5.69 Å². The summed E-state index contributed by atoms with van der Waals surface area (Å²) >= 11 is 0. The zero-order valence-corrected chi connectivity index (χ0v) is 12.1. The third kappa shape index (κ3) is 3.20. The molecule has 5 heteroatoms. The van der Waals surface area contributed by atoms with Gasteiger partial charge in [-0.05, 0) is 23.6 Å². The molecule has 1 unspecified atom stereocenters. The molecule has 0 aliphatic carbocycles. The summed E-state index contributed by atoms with van der Waals surface area (Å²) < 4.78 is 5.26. The fourth-order valence-electron chi connectivity index (χ4n) is 2.22. The Labute approximate surface area is 123 Å². The molecule has 110 valence electrons. The van der Waals surface area contributed by atoms with Crippen molar-refractivity contribution >= 4 is 5.69 Å². The summed E-state index contributed by atoms with van der Waals surface area (Å²) in [5.41, 5.74) is 8.98. The summed E-state index contributed by atoms with van der Waals surface area (Å²) in [6, 6.07) is 11.9. The van der Waals surface area contributed by atoms with Crippen molar-refractivity contribution in [1.29, 1.82) is 0 Å². The minimum Gasteiger partial charge on any atom is -0.496 e. The first-order chi connectivity index (χ1) is 10.1. The van der Waals surface area contributed by atoms with Crippen molar-refractivity contribution in [3.05, 3.63) is 69.3 Å². The van der Waals surface area contributed by atoms with E-state index < -0.39 is 11.0 Å². The van der Waals surface area contributed by atoms with Gasteiger partial charge < -0.3 is 10.5 Å². The second-order valence-corrected chi connectivity index (χ2v) is 4.76. The average Bonchev–Trinajstić information content (AvgIpc) is 2.53. The lowest BCUT2D eigenvalue weighted by Gasteiger charge is -2.16. The van der Waals surface area contributed by atoms with Gasteiger partial charge in [0.15, 0.2) is 0 Å². The quantitative estimate of drug-likeness (QED) is 0.676. The van der Waals surface area contributed by atoms with Crippen LogP contribution >= 0.6 is 0 Å². The number of nitro benzene ring substituents is 1. The molecule has 5 nitrogen and oxygen atoms in total. The molecule has 0 spiro atoms. The molecule has 0 aliphatic rings. The van der Waals surface area contributed by atoms with Crippen molar-refractivity contribution in [2.45, 2.75) is 19.4 Å². The normalized spacial score (nSPS) is 12.0. The Kier molecular flexibility index (Phi) is 4.55. The Morgan fingerprint density at radius 2 is 1.90 bits per heavy atom. The second kappa shape index (κ2) is 6.37. The van der Waals surface area contributed by atoms with E-state index in [1.165, 1.54) is 24.8 Å². The number of nitrogens with zero attached hydrogens (tertiary/aromatic N) is 1. The predicted molar refractivity (Wildman–Crippen MR) is 81.5 cm³/mol. The van der Waals surface area contributed by atoms with Crippen molar-refractivity contribution in [3.8, 4) is 5.75 Å². The second-order valence-electron chi connectivity index (χ2n) is 4.76. The Balaban J connectivity index is 2.42. The number of nitrogens with two attached hydrogens (primary N) is 1. The minimum atomic E-state index is -0.467. The lowest BCUT2D eigenvalue weighted by Crippen LogP contribution is -2.13. The fraction of sp³-hybridized carbons (Fsp3) is 0.250. The van der Waals surface area contributed by atoms with Gasteiger partial charge in [0.1, 0.15) is 5.75 Å². The number of ether oxygens (including phenoxy) is 1. The summed E-state index contributed by atoms with van der Waals surface area (Å²) in [6.07, 6.45) is 0.954. The van der Waals surface area contributed by atoms with E-state index in [2.05, 4.69) is 6.92 Å². The molecule has 0 saturated heterocycles. The molecule has 1 atom stereocenters. The molecule has 0 saturated carbocycles. The highest BCUT2D eigenvalue weighted by molar-refractivity contribution is 5.48. The number of benzene rings is 2. The van der Waals surface area contributed by atoms with Crippen LogP contribution in [0.1, 0.15) is 29.7 Å². The molecular weight excluding hydrogens is 268 g/mol. The first-order valence-corrected chi connectivity index (χ1v) is 6.73. The standard InChI is InChI=1S/C16H18N2O3/c1-3-11-4-6-12(7-5-11)16(17)14-10-13(18(19)20)8-9-15(14)21-2/h4-10,16H,3,17H2,1-2H3. The van der Waals surface area contributed by atoms with Gasteiger partial charge in [0.2, 0.25) is 0 Å². The summed E-state index contributed by atoms with van der Waals surface area (Å²) in [5.74, 6) is 0.549. The molecule has 0 radical (unpaired) electrons. The highest BCUT2D eigenvalue weighted by Gasteiger charge is 2.18. The third-order valence-corrected chi connectivity index (χ3v) is 3.51. The first kappa shape index (κ1) is 15.0. The molecule has 0 amide bonds. The van der Waals surface area contributed by atoms with Gasteiger partial charge in [-0.25, -0.2) is 0 Å². The van der Waals surface area contributed by atoms with Crippen molar-refractivity contribution in [2.24, 2.45) is 5.73 Å².